The maximum atomic E-state index is 8.57. The molecule has 0 heterocycles. The summed E-state index contributed by atoms with van der Waals surface area (Å²) in [6.07, 6.45) is 5.20. The van der Waals surface area contributed by atoms with E-state index in [1.807, 2.05) is 0 Å². The predicted octanol–water partition coefficient (Wildman–Crippen LogP) is 0.482. The van der Waals surface area contributed by atoms with E-state index < -0.39 is 5.79 Å². The second kappa shape index (κ2) is 12.6. The van der Waals surface area contributed by atoms with Gasteiger partial charge in [-0.15, -0.1) is 0 Å². The number of hydrogen-bond donors (Lipinski definition) is 4. The molecule has 0 unspecified atom stereocenters. The first-order chi connectivity index (χ1) is 6.43. The van der Waals surface area contributed by atoms with E-state index in [-0.39, 0.29) is 20.1 Å². The fourth-order valence-electron chi connectivity index (χ4n) is 1.19. The fraction of sp³-hybridized carbons (Fsp3) is 1.00. The summed E-state index contributed by atoms with van der Waals surface area (Å²) in [4.78, 5) is 0. The summed E-state index contributed by atoms with van der Waals surface area (Å²) < 4.78 is 0. The normalized spacial score (nSPS) is 15.4. The van der Waals surface area contributed by atoms with Gasteiger partial charge in [0, 0.05) is 33.8 Å². The van der Waals surface area contributed by atoms with Crippen LogP contribution in [0.4, 0.5) is 0 Å². The second-order valence-electron chi connectivity index (χ2n) is 3.83. The quantitative estimate of drug-likeness (QED) is 0.483. The number of hydrogen-bond acceptors (Lipinski definition) is 4. The summed E-state index contributed by atoms with van der Waals surface area (Å²) in [7, 11) is 1.00. The Labute approximate surface area is 106 Å². The Balaban J connectivity index is -0.000000162. The van der Waals surface area contributed by atoms with Crippen LogP contribution in [0.25, 0.3) is 0 Å². The maximum absolute atomic E-state index is 8.57. The summed E-state index contributed by atoms with van der Waals surface area (Å²) in [6, 6.07) is 0. The van der Waals surface area contributed by atoms with Crippen molar-refractivity contribution in [2.45, 2.75) is 45.3 Å². The van der Waals surface area contributed by atoms with E-state index in [1.54, 1.807) is 0 Å². The number of aliphatic hydroxyl groups excluding tert-OH is 2. The van der Waals surface area contributed by atoms with Crippen LogP contribution in [0.5, 0.6) is 0 Å². The summed E-state index contributed by atoms with van der Waals surface area (Å²) in [5, 5.41) is 31.7. The molecule has 0 spiro atoms. The minimum Gasteiger partial charge on any atom is -0.400 e. The predicted molar refractivity (Wildman–Crippen MR) is 55.7 cm³/mol. The molecule has 1 aliphatic rings. The summed E-state index contributed by atoms with van der Waals surface area (Å²) in [5.41, 5.74) is 0. The number of aliphatic hydroxyl groups is 4. The van der Waals surface area contributed by atoms with Gasteiger partial charge in [0.15, 0.2) is 5.79 Å². The first kappa shape index (κ1) is 20.8. The summed E-state index contributed by atoms with van der Waals surface area (Å²) >= 11 is 0. The second-order valence-corrected chi connectivity index (χ2v) is 3.83. The van der Waals surface area contributed by atoms with Crippen molar-refractivity contribution in [3.8, 4) is 0 Å². The topological polar surface area (TPSA) is 80.9 Å². The van der Waals surface area contributed by atoms with E-state index in [4.69, 9.17) is 20.4 Å². The van der Waals surface area contributed by atoms with Gasteiger partial charge < -0.3 is 20.4 Å². The van der Waals surface area contributed by atoms with Crippen molar-refractivity contribution in [1.82, 2.24) is 0 Å². The van der Waals surface area contributed by atoms with Crippen LogP contribution in [0.15, 0.2) is 0 Å². The molecule has 15 heavy (non-hydrogen) atoms. The van der Waals surface area contributed by atoms with Gasteiger partial charge >= 0.3 is 0 Å². The van der Waals surface area contributed by atoms with Gasteiger partial charge in [0.1, 0.15) is 0 Å². The van der Waals surface area contributed by atoms with Crippen LogP contribution in [-0.2, 0) is 20.1 Å². The average Bonchev–Trinajstić information content (AvgIpc) is 2.56. The molecule has 0 aliphatic heterocycles. The van der Waals surface area contributed by atoms with E-state index in [9.17, 15) is 0 Å². The van der Waals surface area contributed by atoms with Gasteiger partial charge in [0.25, 0.3) is 0 Å². The molecule has 1 saturated carbocycles. The Kier molecular flexibility index (Phi) is 17.5. The third kappa shape index (κ3) is 25.1. The van der Waals surface area contributed by atoms with Gasteiger partial charge in [0.05, 0.1) is 0 Å². The van der Waals surface area contributed by atoms with E-state index in [0.29, 0.717) is 12.5 Å². The molecule has 4 nitrogen and oxygen atoms in total. The van der Waals surface area contributed by atoms with Crippen LogP contribution in [-0.4, -0.2) is 39.9 Å². The smallest absolute Gasteiger partial charge is 0.156 e. The van der Waals surface area contributed by atoms with Gasteiger partial charge in [-0.1, -0.05) is 12.8 Å². The van der Waals surface area contributed by atoms with Crippen molar-refractivity contribution in [2.24, 2.45) is 5.92 Å². The third-order valence-corrected chi connectivity index (χ3v) is 1.73. The van der Waals surface area contributed by atoms with Gasteiger partial charge in [-0.2, -0.15) is 0 Å². The fourth-order valence-corrected chi connectivity index (χ4v) is 1.19. The Hall–Kier alpha value is 0.489. The van der Waals surface area contributed by atoms with E-state index in [1.165, 1.54) is 39.5 Å². The van der Waals surface area contributed by atoms with E-state index >= 15 is 0 Å². The Bertz CT molecular complexity index is 102. The zero-order chi connectivity index (χ0) is 11.6. The van der Waals surface area contributed by atoms with E-state index in [0.717, 1.165) is 7.11 Å². The molecule has 0 saturated heterocycles. The monoisotopic (exact) mass is 401 g/mol. The van der Waals surface area contributed by atoms with Crippen molar-refractivity contribution in [1.29, 1.82) is 0 Å². The van der Waals surface area contributed by atoms with Crippen LogP contribution in [0, 0.1) is 5.92 Å². The van der Waals surface area contributed by atoms with Crippen molar-refractivity contribution in [2.75, 3.05) is 13.7 Å². The number of rotatable bonds is 1. The molecular formula is C10H24IrO4. The van der Waals surface area contributed by atoms with Crippen LogP contribution in [0.3, 0.4) is 0 Å². The maximum Gasteiger partial charge on any atom is 0.156 e. The molecule has 97 valence electrons. The van der Waals surface area contributed by atoms with Crippen LogP contribution in [0.1, 0.15) is 39.5 Å². The minimum absolute atomic E-state index is 0. The summed E-state index contributed by atoms with van der Waals surface area (Å²) in [6.45, 7) is 3.01. The molecule has 0 aromatic carbocycles. The SMILES string of the molecule is CC(C)(O)O.CO.OCC1CCCC1.[Ir]. The standard InChI is InChI=1S/C6H12O.C3H8O2.CH4O.Ir/c7-5-6-3-1-2-4-6;1-3(2,4)5;1-2;/h6-7H,1-5H2;4-5H,1-2H3;2H,1H3;. The van der Waals surface area contributed by atoms with Crippen molar-refractivity contribution in [3.05, 3.63) is 0 Å². The molecule has 1 radical (unpaired) electrons. The zero-order valence-electron chi connectivity index (χ0n) is 9.74. The Morgan fingerprint density at radius 2 is 1.33 bits per heavy atom. The molecule has 0 atom stereocenters. The van der Waals surface area contributed by atoms with Crippen molar-refractivity contribution >= 4 is 0 Å². The minimum atomic E-state index is -1.50. The van der Waals surface area contributed by atoms with Gasteiger partial charge in [0.2, 0.25) is 0 Å². The molecule has 4 N–H and O–H groups in total. The van der Waals surface area contributed by atoms with Crippen LogP contribution < -0.4 is 0 Å². The molecule has 1 fully saturated rings. The van der Waals surface area contributed by atoms with Gasteiger partial charge in [-0.05, 0) is 32.6 Å². The Morgan fingerprint density at radius 1 is 1.07 bits per heavy atom. The van der Waals surface area contributed by atoms with Crippen molar-refractivity contribution in [3.63, 3.8) is 0 Å². The third-order valence-electron chi connectivity index (χ3n) is 1.73. The molecule has 1 aliphatic carbocycles. The first-order valence-electron chi connectivity index (χ1n) is 4.94. The molecule has 5 heteroatoms. The molecule has 1 rings (SSSR count). The van der Waals surface area contributed by atoms with Gasteiger partial charge in [-0.3, -0.25) is 0 Å². The molecule has 0 amide bonds. The molecular weight excluding hydrogens is 376 g/mol. The largest absolute Gasteiger partial charge is 0.400 e. The average molecular weight is 401 g/mol. The van der Waals surface area contributed by atoms with E-state index in [2.05, 4.69) is 0 Å². The van der Waals surface area contributed by atoms with Crippen LogP contribution >= 0.6 is 0 Å². The zero-order valence-corrected chi connectivity index (χ0v) is 12.1. The molecule has 0 bridgehead atoms. The van der Waals surface area contributed by atoms with Gasteiger partial charge in [-0.25, -0.2) is 0 Å². The summed E-state index contributed by atoms with van der Waals surface area (Å²) in [5.74, 6) is -0.847. The Morgan fingerprint density at radius 3 is 1.47 bits per heavy atom. The molecule has 0 aromatic heterocycles. The van der Waals surface area contributed by atoms with Crippen LogP contribution in [0.2, 0.25) is 0 Å². The van der Waals surface area contributed by atoms with Crippen molar-refractivity contribution < 1.29 is 40.5 Å². The first-order valence-corrected chi connectivity index (χ1v) is 4.94. The molecule has 0 aromatic rings.